The fraction of sp³-hybridized carbons (Fsp3) is 0.184. The van der Waals surface area contributed by atoms with Crippen LogP contribution in [0.1, 0.15) is 57.2 Å². The molecule has 0 spiro atoms. The van der Waals surface area contributed by atoms with Crippen LogP contribution in [0, 0.1) is 5.41 Å². The van der Waals surface area contributed by atoms with Gasteiger partial charge in [-0.2, -0.15) is 0 Å². The molecule has 0 amide bonds. The van der Waals surface area contributed by atoms with Gasteiger partial charge in [0.1, 0.15) is 0 Å². The van der Waals surface area contributed by atoms with Crippen LogP contribution in [0.25, 0.3) is 20.2 Å². The van der Waals surface area contributed by atoms with Gasteiger partial charge in [0.2, 0.25) is 0 Å². The zero-order chi connectivity index (χ0) is 36.7. The summed E-state index contributed by atoms with van der Waals surface area (Å²) in [5.41, 5.74) is 14.7. The monoisotopic (exact) mass is 707 g/mol. The quantitative estimate of drug-likeness (QED) is 0.155. The van der Waals surface area contributed by atoms with Crippen molar-refractivity contribution in [1.82, 2.24) is 0 Å². The van der Waals surface area contributed by atoms with Crippen molar-refractivity contribution in [3.05, 3.63) is 184 Å². The van der Waals surface area contributed by atoms with Gasteiger partial charge < -0.3 is 4.90 Å². The van der Waals surface area contributed by atoms with Crippen LogP contribution in [0.4, 0.5) is 17.1 Å². The summed E-state index contributed by atoms with van der Waals surface area (Å²) in [5.74, 6) is 0. The number of rotatable bonds is 7. The van der Waals surface area contributed by atoms with E-state index in [2.05, 4.69) is 160 Å². The largest absolute Gasteiger partial charge is 0.311 e. The van der Waals surface area contributed by atoms with Gasteiger partial charge in [-0.05, 0) is 110 Å². The summed E-state index contributed by atoms with van der Waals surface area (Å²) in [6.45, 7) is 18.5. The Labute approximate surface area is 317 Å². The molecule has 0 radical (unpaired) electrons. The Morgan fingerprint density at radius 3 is 2.57 bits per heavy atom. The average molecular weight is 708 g/mol. The number of fused-ring (bicyclic) bond motifs is 5. The summed E-state index contributed by atoms with van der Waals surface area (Å²) >= 11 is 1.83. The Morgan fingerprint density at radius 2 is 1.75 bits per heavy atom. The molecule has 1 aliphatic heterocycles. The van der Waals surface area contributed by atoms with Crippen LogP contribution in [0.2, 0.25) is 0 Å². The predicted octanol–water partition coefficient (Wildman–Crippen LogP) is 13.5. The van der Waals surface area contributed by atoms with Crippen LogP contribution in [-0.2, 0) is 6.42 Å². The van der Waals surface area contributed by atoms with Crippen molar-refractivity contribution in [2.75, 3.05) is 11.4 Å². The fourth-order valence-electron chi connectivity index (χ4n) is 8.33. The molecule has 0 saturated heterocycles. The van der Waals surface area contributed by atoms with Crippen LogP contribution in [0.15, 0.2) is 178 Å². The van der Waals surface area contributed by atoms with E-state index in [1.54, 1.807) is 0 Å². The Kier molecular flexibility index (Phi) is 9.18. The summed E-state index contributed by atoms with van der Waals surface area (Å²) in [7, 11) is 0. The van der Waals surface area contributed by atoms with E-state index in [1.807, 2.05) is 23.5 Å². The van der Waals surface area contributed by atoms with Crippen molar-refractivity contribution in [2.24, 2.45) is 15.4 Å². The second-order valence-corrected chi connectivity index (χ2v) is 15.7. The second kappa shape index (κ2) is 14.1. The third kappa shape index (κ3) is 6.11. The molecule has 2 aliphatic carbocycles. The first-order valence-corrected chi connectivity index (χ1v) is 19.4. The smallest absolute Gasteiger partial charge is 0.0759 e. The van der Waals surface area contributed by atoms with Gasteiger partial charge in [-0.3, -0.25) is 9.98 Å². The van der Waals surface area contributed by atoms with Crippen molar-refractivity contribution < 1.29 is 0 Å². The Bertz CT molecular complexity index is 2540. The average Bonchev–Trinajstić information content (AvgIpc) is 3.65. The highest BCUT2D eigenvalue weighted by Gasteiger charge is 2.38. The van der Waals surface area contributed by atoms with E-state index in [0.717, 1.165) is 58.9 Å². The zero-order valence-corrected chi connectivity index (χ0v) is 31.9. The minimum Gasteiger partial charge on any atom is -0.311 e. The highest BCUT2D eigenvalue weighted by molar-refractivity contribution is 7.26. The molecule has 3 nitrogen and oxygen atoms in total. The van der Waals surface area contributed by atoms with E-state index < -0.39 is 0 Å². The number of nitrogens with zero attached hydrogens (tertiary/aromatic N) is 3. The van der Waals surface area contributed by atoms with Crippen LogP contribution >= 0.6 is 11.3 Å². The predicted molar refractivity (Wildman–Crippen MR) is 231 cm³/mol. The highest BCUT2D eigenvalue weighted by atomic mass is 32.1. The van der Waals surface area contributed by atoms with Crippen molar-refractivity contribution in [1.29, 1.82) is 0 Å². The molecule has 8 rings (SSSR count). The number of para-hydroxylation sites is 2. The minimum atomic E-state index is -0.170. The van der Waals surface area contributed by atoms with Crippen molar-refractivity contribution in [3.8, 4) is 0 Å². The third-order valence-corrected chi connectivity index (χ3v) is 12.2. The van der Waals surface area contributed by atoms with Gasteiger partial charge in [-0.25, -0.2) is 0 Å². The first kappa shape index (κ1) is 34.5. The molecule has 4 heteroatoms. The molecule has 4 aromatic carbocycles. The van der Waals surface area contributed by atoms with Crippen LogP contribution < -0.4 is 4.90 Å². The van der Waals surface area contributed by atoms with E-state index >= 15 is 0 Å². The number of allylic oxidation sites excluding steroid dienone is 11. The maximum Gasteiger partial charge on any atom is 0.0759 e. The van der Waals surface area contributed by atoms with Gasteiger partial charge in [-0.1, -0.05) is 111 Å². The van der Waals surface area contributed by atoms with Gasteiger partial charge in [-0.15, -0.1) is 11.3 Å². The van der Waals surface area contributed by atoms with E-state index in [4.69, 9.17) is 11.6 Å². The van der Waals surface area contributed by atoms with Gasteiger partial charge in [0.25, 0.3) is 0 Å². The zero-order valence-electron chi connectivity index (χ0n) is 31.1. The van der Waals surface area contributed by atoms with E-state index in [-0.39, 0.29) is 5.41 Å². The Morgan fingerprint density at radius 1 is 0.962 bits per heavy atom. The topological polar surface area (TPSA) is 28.0 Å². The lowest BCUT2D eigenvalue weighted by atomic mass is 9.80. The normalized spacial score (nSPS) is 19.3. The number of thiophene rings is 1. The number of benzene rings is 4. The standard InChI is InChI=1S/C49H45N3S/c1-7-17-42-33(3)37-27-26-35-20-11-15-24-45(35)52(32(2)28-43(37)49(42,4)5)36-29-40-38-21-13-16-25-46(38)53-48(40)41(30-36)47(39-22-12-14-23-44(39)50-6)51-31-34-18-9-8-10-19-34/h7-9,11-18,20-25,27-30H,2,6,10,19,26,31H2,1,3-5H3/b17-7-,37-27-,43-28+,51-47+. The molecule has 0 unspecified atom stereocenters. The molecule has 0 fully saturated rings. The molecular weight excluding hydrogens is 663 g/mol. The number of aliphatic imine (C=N–C) groups is 2. The van der Waals surface area contributed by atoms with Crippen molar-refractivity contribution in [3.63, 3.8) is 0 Å². The van der Waals surface area contributed by atoms with Gasteiger partial charge >= 0.3 is 0 Å². The maximum absolute atomic E-state index is 5.47. The highest BCUT2D eigenvalue weighted by Crippen LogP contribution is 2.52. The molecular formula is C49H45N3S. The third-order valence-electron chi connectivity index (χ3n) is 11.0. The van der Waals surface area contributed by atoms with Crippen LogP contribution in [0.5, 0.6) is 0 Å². The van der Waals surface area contributed by atoms with Gasteiger partial charge in [0.15, 0.2) is 0 Å². The van der Waals surface area contributed by atoms with Gasteiger partial charge in [0.05, 0.1) is 17.9 Å². The molecule has 0 atom stereocenters. The minimum absolute atomic E-state index is 0.170. The number of anilines is 2. The van der Waals surface area contributed by atoms with Crippen molar-refractivity contribution in [2.45, 2.75) is 47.0 Å². The Balaban J connectivity index is 1.41. The molecule has 0 bridgehead atoms. The molecule has 53 heavy (non-hydrogen) atoms. The molecule has 0 saturated carbocycles. The summed E-state index contributed by atoms with van der Waals surface area (Å²) in [6, 6.07) is 30.5. The summed E-state index contributed by atoms with van der Waals surface area (Å²) in [6.07, 6.45) is 18.7. The lowest BCUT2D eigenvalue weighted by Gasteiger charge is -2.30. The number of hydrogen-bond acceptors (Lipinski definition) is 4. The van der Waals surface area contributed by atoms with Crippen LogP contribution in [0.3, 0.4) is 0 Å². The molecule has 0 N–H and O–H groups in total. The molecule has 3 aliphatic rings. The maximum atomic E-state index is 5.47. The van der Waals surface area contributed by atoms with Crippen molar-refractivity contribution >= 4 is 61.0 Å². The summed E-state index contributed by atoms with van der Waals surface area (Å²) in [5, 5.41) is 2.45. The van der Waals surface area contributed by atoms with E-state index in [0.29, 0.717) is 6.54 Å². The van der Waals surface area contributed by atoms with Crippen LogP contribution in [-0.4, -0.2) is 19.0 Å². The Hall–Kier alpha value is -5.58. The first-order valence-electron chi connectivity index (χ1n) is 18.5. The summed E-state index contributed by atoms with van der Waals surface area (Å²) < 4.78 is 2.46. The molecule has 2 heterocycles. The molecule has 1 aromatic heterocycles. The number of hydrogen-bond donors (Lipinski definition) is 0. The van der Waals surface area contributed by atoms with Gasteiger partial charge in [0, 0.05) is 53.8 Å². The SMILES string of the molecule is C=Nc1ccccc1/C(=N\CC1=CC=CCC1)c1cc(N2C(=C)/C=C3\C(=C/Cc4ccccc42)C(C)=C(/C=C\C)C3(C)C)cc2c1sc1ccccc12. The van der Waals surface area contributed by atoms with E-state index in [9.17, 15) is 0 Å². The molecule has 5 aromatic rings. The lowest BCUT2D eigenvalue weighted by Crippen LogP contribution is -2.19. The first-order chi connectivity index (χ1) is 25.8. The lowest BCUT2D eigenvalue weighted by molar-refractivity contribution is 0.577. The second-order valence-electron chi connectivity index (χ2n) is 14.6. The summed E-state index contributed by atoms with van der Waals surface area (Å²) in [4.78, 5) is 12.3. The molecule has 262 valence electrons. The van der Waals surface area contributed by atoms with E-state index in [1.165, 1.54) is 53.6 Å². The fourth-order valence-corrected chi connectivity index (χ4v) is 9.53.